The van der Waals surface area contributed by atoms with Crippen molar-refractivity contribution in [3.63, 3.8) is 0 Å². The van der Waals surface area contributed by atoms with Crippen molar-refractivity contribution in [2.45, 2.75) is 19.4 Å². The summed E-state index contributed by atoms with van der Waals surface area (Å²) in [6.07, 6.45) is 0.445. The van der Waals surface area contributed by atoms with Gasteiger partial charge in [0.25, 0.3) is 0 Å². The van der Waals surface area contributed by atoms with Crippen molar-refractivity contribution >= 4 is 16.7 Å². The Morgan fingerprint density at radius 1 is 1.08 bits per heavy atom. The van der Waals surface area contributed by atoms with E-state index in [4.69, 9.17) is 0 Å². The van der Waals surface area contributed by atoms with Crippen LogP contribution < -0.4 is 5.32 Å². The topological polar surface area (TPSA) is 35.6 Å². The lowest BCUT2D eigenvalue weighted by Gasteiger charge is -2.36. The van der Waals surface area contributed by atoms with Gasteiger partial charge in [0.05, 0.1) is 6.42 Å². The molecule has 1 atom stereocenters. The molecule has 0 aromatic heterocycles. The normalized spacial score (nSPS) is 17.8. The van der Waals surface area contributed by atoms with Crippen LogP contribution in [0.2, 0.25) is 0 Å². The SMILES string of the molecule is C[C@@H](CNC(=O)Cc1ccc2ccccc2c1)N1CCN(C)CC1. The van der Waals surface area contributed by atoms with Crippen LogP contribution in [0.15, 0.2) is 42.5 Å². The summed E-state index contributed by atoms with van der Waals surface area (Å²) in [4.78, 5) is 17.1. The lowest BCUT2D eigenvalue weighted by Crippen LogP contribution is -2.51. The Morgan fingerprint density at radius 3 is 2.54 bits per heavy atom. The number of hydrogen-bond donors (Lipinski definition) is 1. The molecule has 1 aliphatic heterocycles. The molecule has 0 saturated carbocycles. The van der Waals surface area contributed by atoms with Crippen LogP contribution in [0, 0.1) is 0 Å². The number of piperazine rings is 1. The van der Waals surface area contributed by atoms with Gasteiger partial charge in [-0.2, -0.15) is 0 Å². The van der Waals surface area contributed by atoms with Gasteiger partial charge < -0.3 is 10.2 Å². The zero-order valence-electron chi connectivity index (χ0n) is 14.7. The molecule has 2 aromatic rings. The van der Waals surface area contributed by atoms with Crippen molar-refractivity contribution in [3.8, 4) is 0 Å². The van der Waals surface area contributed by atoms with Gasteiger partial charge in [0.15, 0.2) is 0 Å². The highest BCUT2D eigenvalue weighted by atomic mass is 16.1. The maximum Gasteiger partial charge on any atom is 0.224 e. The maximum absolute atomic E-state index is 12.2. The lowest BCUT2D eigenvalue weighted by atomic mass is 10.0. The van der Waals surface area contributed by atoms with E-state index in [9.17, 15) is 4.79 Å². The van der Waals surface area contributed by atoms with Crippen molar-refractivity contribution in [2.75, 3.05) is 39.8 Å². The molecular formula is C20H27N3O. The Labute approximate surface area is 144 Å². The van der Waals surface area contributed by atoms with Gasteiger partial charge in [-0.25, -0.2) is 0 Å². The number of fused-ring (bicyclic) bond motifs is 1. The predicted octanol–water partition coefficient (Wildman–Crippen LogP) is 2.13. The van der Waals surface area contributed by atoms with E-state index in [2.05, 4.69) is 53.4 Å². The molecule has 3 rings (SSSR count). The summed E-state index contributed by atoms with van der Waals surface area (Å²) < 4.78 is 0. The molecule has 0 radical (unpaired) electrons. The average Bonchev–Trinajstić information content (AvgIpc) is 2.60. The molecule has 0 aliphatic carbocycles. The van der Waals surface area contributed by atoms with Crippen molar-refractivity contribution in [3.05, 3.63) is 48.0 Å². The summed E-state index contributed by atoms with van der Waals surface area (Å²) in [6, 6.07) is 14.9. The molecule has 1 aliphatic rings. The monoisotopic (exact) mass is 325 g/mol. The highest BCUT2D eigenvalue weighted by molar-refractivity contribution is 5.85. The minimum Gasteiger partial charge on any atom is -0.354 e. The quantitative estimate of drug-likeness (QED) is 0.915. The van der Waals surface area contributed by atoms with E-state index in [1.165, 1.54) is 10.8 Å². The third-order valence-electron chi connectivity index (χ3n) is 4.93. The maximum atomic E-state index is 12.2. The van der Waals surface area contributed by atoms with Crippen molar-refractivity contribution < 1.29 is 4.79 Å². The number of amides is 1. The largest absolute Gasteiger partial charge is 0.354 e. The molecular weight excluding hydrogens is 298 g/mol. The second-order valence-corrected chi connectivity index (χ2v) is 6.85. The molecule has 0 bridgehead atoms. The minimum atomic E-state index is 0.103. The molecule has 4 heteroatoms. The third kappa shape index (κ3) is 4.34. The Balaban J connectivity index is 1.49. The highest BCUT2D eigenvalue weighted by Crippen LogP contribution is 2.16. The number of nitrogens with one attached hydrogen (secondary N) is 1. The smallest absolute Gasteiger partial charge is 0.224 e. The first-order chi connectivity index (χ1) is 11.6. The lowest BCUT2D eigenvalue weighted by molar-refractivity contribution is -0.120. The van der Waals surface area contributed by atoms with E-state index < -0.39 is 0 Å². The van der Waals surface area contributed by atoms with Crippen LogP contribution in [0.5, 0.6) is 0 Å². The molecule has 1 N–H and O–H groups in total. The standard InChI is InChI=1S/C20H27N3O/c1-16(23-11-9-22(2)10-12-23)15-21-20(24)14-17-7-8-18-5-3-4-6-19(18)13-17/h3-8,13,16H,9-12,14-15H2,1-2H3,(H,21,24)/t16-/m0/s1. The Bertz CT molecular complexity index is 692. The number of nitrogens with zero attached hydrogens (tertiary/aromatic N) is 2. The molecule has 0 spiro atoms. The van der Waals surface area contributed by atoms with Gasteiger partial charge in [-0.15, -0.1) is 0 Å². The fraction of sp³-hybridized carbons (Fsp3) is 0.450. The van der Waals surface area contributed by atoms with Crippen molar-refractivity contribution in [1.29, 1.82) is 0 Å². The van der Waals surface area contributed by atoms with E-state index in [0.717, 1.165) is 38.3 Å². The molecule has 1 fully saturated rings. The van der Waals surface area contributed by atoms with Crippen LogP contribution in [-0.4, -0.2) is 61.5 Å². The zero-order valence-corrected chi connectivity index (χ0v) is 14.7. The summed E-state index contributed by atoms with van der Waals surface area (Å²) in [5.74, 6) is 0.103. The van der Waals surface area contributed by atoms with E-state index >= 15 is 0 Å². The molecule has 1 heterocycles. The van der Waals surface area contributed by atoms with Gasteiger partial charge in [-0.05, 0) is 30.3 Å². The van der Waals surface area contributed by atoms with Crippen LogP contribution in [-0.2, 0) is 11.2 Å². The Hall–Kier alpha value is -1.91. The van der Waals surface area contributed by atoms with Gasteiger partial charge >= 0.3 is 0 Å². The minimum absolute atomic E-state index is 0.103. The summed E-state index contributed by atoms with van der Waals surface area (Å²) >= 11 is 0. The number of likely N-dealkylation sites (N-methyl/N-ethyl adjacent to an activating group) is 1. The van der Waals surface area contributed by atoms with Gasteiger partial charge in [-0.1, -0.05) is 42.5 Å². The van der Waals surface area contributed by atoms with E-state index in [0.29, 0.717) is 12.5 Å². The molecule has 1 amide bonds. The first kappa shape index (κ1) is 16.9. The second-order valence-electron chi connectivity index (χ2n) is 6.85. The van der Waals surface area contributed by atoms with Gasteiger partial charge in [0.1, 0.15) is 0 Å². The van der Waals surface area contributed by atoms with E-state index in [-0.39, 0.29) is 5.91 Å². The molecule has 0 unspecified atom stereocenters. The Morgan fingerprint density at radius 2 is 1.79 bits per heavy atom. The van der Waals surface area contributed by atoms with Crippen LogP contribution in [0.4, 0.5) is 0 Å². The first-order valence-electron chi connectivity index (χ1n) is 8.79. The summed E-state index contributed by atoms with van der Waals surface area (Å²) in [5, 5.41) is 5.50. The van der Waals surface area contributed by atoms with Crippen molar-refractivity contribution in [1.82, 2.24) is 15.1 Å². The van der Waals surface area contributed by atoms with Gasteiger partial charge in [0, 0.05) is 38.8 Å². The predicted molar refractivity (Wildman–Crippen MR) is 99.2 cm³/mol. The number of rotatable bonds is 5. The molecule has 24 heavy (non-hydrogen) atoms. The van der Waals surface area contributed by atoms with Crippen LogP contribution in [0.3, 0.4) is 0 Å². The fourth-order valence-electron chi connectivity index (χ4n) is 3.25. The van der Waals surface area contributed by atoms with Crippen LogP contribution in [0.25, 0.3) is 10.8 Å². The van der Waals surface area contributed by atoms with Gasteiger partial charge in [0.2, 0.25) is 5.91 Å². The third-order valence-corrected chi connectivity index (χ3v) is 4.93. The van der Waals surface area contributed by atoms with E-state index in [1.807, 2.05) is 18.2 Å². The molecule has 4 nitrogen and oxygen atoms in total. The number of benzene rings is 2. The number of carbonyl (C=O) groups excluding carboxylic acids is 1. The van der Waals surface area contributed by atoms with E-state index in [1.54, 1.807) is 0 Å². The van der Waals surface area contributed by atoms with Crippen LogP contribution >= 0.6 is 0 Å². The molecule has 1 saturated heterocycles. The number of carbonyl (C=O) groups is 1. The fourth-order valence-corrected chi connectivity index (χ4v) is 3.25. The summed E-state index contributed by atoms with van der Waals surface area (Å²) in [5.41, 5.74) is 1.07. The first-order valence-corrected chi connectivity index (χ1v) is 8.79. The van der Waals surface area contributed by atoms with Crippen molar-refractivity contribution in [2.24, 2.45) is 0 Å². The number of hydrogen-bond acceptors (Lipinski definition) is 3. The summed E-state index contributed by atoms with van der Waals surface area (Å²) in [6.45, 7) is 7.29. The molecule has 2 aromatic carbocycles. The summed E-state index contributed by atoms with van der Waals surface area (Å²) in [7, 11) is 2.16. The Kier molecular flexibility index (Phi) is 5.48. The average molecular weight is 325 g/mol. The van der Waals surface area contributed by atoms with Gasteiger partial charge in [-0.3, -0.25) is 9.69 Å². The van der Waals surface area contributed by atoms with Crippen LogP contribution in [0.1, 0.15) is 12.5 Å². The molecule has 128 valence electrons. The highest BCUT2D eigenvalue weighted by Gasteiger charge is 2.19. The zero-order chi connectivity index (χ0) is 16.9. The second kappa shape index (κ2) is 7.77.